The number of piperidine rings is 1. The molecule has 6 nitrogen and oxygen atoms in total. The van der Waals surface area contributed by atoms with E-state index in [1.54, 1.807) is 0 Å². The number of hydrogen-bond acceptors (Lipinski definition) is 4. The van der Waals surface area contributed by atoms with Gasteiger partial charge in [0.15, 0.2) is 0 Å². The third-order valence-electron chi connectivity index (χ3n) is 4.15. The highest BCUT2D eigenvalue weighted by atomic mass is 16.2. The maximum absolute atomic E-state index is 12.0. The third-order valence-corrected chi connectivity index (χ3v) is 4.15. The van der Waals surface area contributed by atoms with Crippen LogP contribution in [0.5, 0.6) is 0 Å². The second kappa shape index (κ2) is 8.21. The minimum atomic E-state index is -0.415. The Morgan fingerprint density at radius 3 is 2.65 bits per heavy atom. The van der Waals surface area contributed by atoms with Crippen LogP contribution in [0.2, 0.25) is 0 Å². The molecule has 116 valence electrons. The number of likely N-dealkylation sites (tertiary alicyclic amines) is 1. The molecule has 1 rings (SSSR count). The summed E-state index contributed by atoms with van der Waals surface area (Å²) in [5, 5.41) is 8.24. The van der Waals surface area contributed by atoms with Gasteiger partial charge in [-0.1, -0.05) is 0 Å². The molecule has 1 aliphatic rings. The van der Waals surface area contributed by atoms with Crippen molar-refractivity contribution in [1.29, 1.82) is 0 Å². The highest BCUT2D eigenvalue weighted by Gasteiger charge is 2.29. The molecule has 0 spiro atoms. The minimum absolute atomic E-state index is 0.228. The number of imide groups is 1. The van der Waals surface area contributed by atoms with Crippen molar-refractivity contribution in [1.82, 2.24) is 20.9 Å². The van der Waals surface area contributed by atoms with E-state index in [1.807, 2.05) is 20.9 Å². The Kier molecular flexibility index (Phi) is 6.95. The van der Waals surface area contributed by atoms with Gasteiger partial charge >= 0.3 is 6.03 Å². The summed E-state index contributed by atoms with van der Waals surface area (Å²) >= 11 is 0. The Morgan fingerprint density at radius 2 is 2.05 bits per heavy atom. The number of carbonyl (C=O) groups excluding carboxylic acids is 2. The van der Waals surface area contributed by atoms with E-state index in [-0.39, 0.29) is 11.9 Å². The molecule has 3 atom stereocenters. The van der Waals surface area contributed by atoms with Crippen molar-refractivity contribution in [3.8, 4) is 0 Å². The van der Waals surface area contributed by atoms with Crippen molar-refractivity contribution in [2.45, 2.75) is 45.7 Å². The van der Waals surface area contributed by atoms with Crippen LogP contribution in [0.1, 0.15) is 33.6 Å². The average Bonchev–Trinajstić information content (AvgIpc) is 2.45. The van der Waals surface area contributed by atoms with Gasteiger partial charge in [-0.3, -0.25) is 15.0 Å². The molecule has 0 radical (unpaired) electrons. The Balaban J connectivity index is 2.51. The van der Waals surface area contributed by atoms with E-state index >= 15 is 0 Å². The second-order valence-corrected chi connectivity index (χ2v) is 5.50. The van der Waals surface area contributed by atoms with Crippen molar-refractivity contribution < 1.29 is 9.59 Å². The molecule has 0 aliphatic carbocycles. The number of amides is 3. The van der Waals surface area contributed by atoms with E-state index in [0.717, 1.165) is 19.5 Å². The molecule has 0 aromatic heterocycles. The predicted octanol–water partition coefficient (Wildman–Crippen LogP) is 0.541. The van der Waals surface area contributed by atoms with Crippen LogP contribution in [0.4, 0.5) is 4.79 Å². The molecule has 3 amide bonds. The topological polar surface area (TPSA) is 73.5 Å². The number of carbonyl (C=O) groups is 2. The van der Waals surface area contributed by atoms with Gasteiger partial charge < -0.3 is 10.6 Å². The standard InChI is InChI=1S/C14H28N4O2/c1-5-16-14(20)17-13(19)11(3)18-8-6-7-12(9-18)10(2)15-4/h10-12,15H,5-9H2,1-4H3,(H2,16,17,19,20). The van der Waals surface area contributed by atoms with Gasteiger partial charge in [-0.25, -0.2) is 4.79 Å². The molecule has 0 saturated carbocycles. The summed E-state index contributed by atoms with van der Waals surface area (Å²) in [6.07, 6.45) is 2.28. The molecule has 20 heavy (non-hydrogen) atoms. The average molecular weight is 284 g/mol. The van der Waals surface area contributed by atoms with Crippen LogP contribution in [0.3, 0.4) is 0 Å². The van der Waals surface area contributed by atoms with Gasteiger partial charge in [0.1, 0.15) is 0 Å². The van der Waals surface area contributed by atoms with Crippen LogP contribution in [0.25, 0.3) is 0 Å². The second-order valence-electron chi connectivity index (χ2n) is 5.50. The molecule has 0 aromatic rings. The smallest absolute Gasteiger partial charge is 0.321 e. The highest BCUT2D eigenvalue weighted by molar-refractivity contribution is 5.96. The van der Waals surface area contributed by atoms with E-state index in [4.69, 9.17) is 0 Å². The van der Waals surface area contributed by atoms with Gasteiger partial charge in [0.25, 0.3) is 0 Å². The molecule has 1 aliphatic heterocycles. The number of hydrogen-bond donors (Lipinski definition) is 3. The van der Waals surface area contributed by atoms with Gasteiger partial charge in [-0.15, -0.1) is 0 Å². The van der Waals surface area contributed by atoms with Gasteiger partial charge in [-0.05, 0) is 53.1 Å². The minimum Gasteiger partial charge on any atom is -0.338 e. The lowest BCUT2D eigenvalue weighted by molar-refractivity contribution is -0.125. The molecule has 3 unspecified atom stereocenters. The molecule has 1 fully saturated rings. The van der Waals surface area contributed by atoms with Crippen LogP contribution < -0.4 is 16.0 Å². The SMILES string of the molecule is CCNC(=O)NC(=O)C(C)N1CCCC(C(C)NC)C1. The fourth-order valence-corrected chi connectivity index (χ4v) is 2.62. The van der Waals surface area contributed by atoms with Gasteiger partial charge in [0.2, 0.25) is 5.91 Å². The van der Waals surface area contributed by atoms with Gasteiger partial charge in [0.05, 0.1) is 6.04 Å². The Hall–Kier alpha value is -1.14. The number of rotatable bonds is 5. The molecule has 0 aromatic carbocycles. The highest BCUT2D eigenvalue weighted by Crippen LogP contribution is 2.21. The lowest BCUT2D eigenvalue weighted by Crippen LogP contribution is -2.53. The first-order valence-electron chi connectivity index (χ1n) is 7.49. The molecule has 1 saturated heterocycles. The normalized spacial score (nSPS) is 22.9. The molecule has 3 N–H and O–H groups in total. The van der Waals surface area contributed by atoms with E-state index in [9.17, 15) is 9.59 Å². The molecular formula is C14H28N4O2. The Bertz CT molecular complexity index is 335. The van der Waals surface area contributed by atoms with E-state index in [0.29, 0.717) is 18.5 Å². The van der Waals surface area contributed by atoms with Crippen LogP contribution in [0, 0.1) is 5.92 Å². The summed E-state index contributed by atoms with van der Waals surface area (Å²) < 4.78 is 0. The quantitative estimate of drug-likeness (QED) is 0.689. The first kappa shape index (κ1) is 16.9. The fraction of sp³-hybridized carbons (Fsp3) is 0.857. The van der Waals surface area contributed by atoms with Crippen molar-refractivity contribution >= 4 is 11.9 Å². The van der Waals surface area contributed by atoms with Crippen LogP contribution in [-0.2, 0) is 4.79 Å². The van der Waals surface area contributed by atoms with Gasteiger partial charge in [0, 0.05) is 19.1 Å². The van der Waals surface area contributed by atoms with Crippen LogP contribution in [-0.4, -0.2) is 55.6 Å². The van der Waals surface area contributed by atoms with Gasteiger partial charge in [-0.2, -0.15) is 0 Å². The van der Waals surface area contributed by atoms with Crippen LogP contribution >= 0.6 is 0 Å². The zero-order valence-electron chi connectivity index (χ0n) is 13.0. The lowest BCUT2D eigenvalue weighted by Gasteiger charge is -2.38. The summed E-state index contributed by atoms with van der Waals surface area (Å²) in [4.78, 5) is 25.6. The molecular weight excluding hydrogens is 256 g/mol. The summed E-state index contributed by atoms with van der Waals surface area (Å²) in [5.74, 6) is 0.321. The fourth-order valence-electron chi connectivity index (χ4n) is 2.62. The van der Waals surface area contributed by atoms with Crippen molar-refractivity contribution in [2.75, 3.05) is 26.7 Å². The largest absolute Gasteiger partial charge is 0.338 e. The first-order valence-corrected chi connectivity index (χ1v) is 7.49. The first-order chi connectivity index (χ1) is 9.49. The number of nitrogens with one attached hydrogen (secondary N) is 3. The zero-order chi connectivity index (χ0) is 15.1. The van der Waals surface area contributed by atoms with Crippen molar-refractivity contribution in [3.05, 3.63) is 0 Å². The molecule has 1 heterocycles. The third kappa shape index (κ3) is 4.76. The predicted molar refractivity (Wildman–Crippen MR) is 79.5 cm³/mol. The van der Waals surface area contributed by atoms with Crippen molar-refractivity contribution in [3.63, 3.8) is 0 Å². The monoisotopic (exact) mass is 284 g/mol. The van der Waals surface area contributed by atoms with E-state index in [2.05, 4.69) is 27.8 Å². The van der Waals surface area contributed by atoms with E-state index in [1.165, 1.54) is 6.42 Å². The maximum Gasteiger partial charge on any atom is 0.321 e. The molecule has 6 heteroatoms. The lowest BCUT2D eigenvalue weighted by atomic mass is 9.91. The zero-order valence-corrected chi connectivity index (χ0v) is 13.0. The number of nitrogens with zero attached hydrogens (tertiary/aromatic N) is 1. The van der Waals surface area contributed by atoms with Crippen LogP contribution in [0.15, 0.2) is 0 Å². The maximum atomic E-state index is 12.0. The Morgan fingerprint density at radius 1 is 1.35 bits per heavy atom. The summed E-state index contributed by atoms with van der Waals surface area (Å²) in [6, 6.07) is -0.248. The van der Waals surface area contributed by atoms with Crippen molar-refractivity contribution in [2.24, 2.45) is 5.92 Å². The Labute approximate surface area is 121 Å². The summed E-state index contributed by atoms with van der Waals surface area (Å²) in [7, 11) is 1.97. The number of urea groups is 1. The summed E-state index contributed by atoms with van der Waals surface area (Å²) in [6.45, 7) is 8.18. The summed E-state index contributed by atoms with van der Waals surface area (Å²) in [5.41, 5.74) is 0. The molecule has 0 bridgehead atoms. The van der Waals surface area contributed by atoms with E-state index < -0.39 is 6.03 Å².